The summed E-state index contributed by atoms with van der Waals surface area (Å²) in [7, 11) is 0. The van der Waals surface area contributed by atoms with Gasteiger partial charge in [-0.25, -0.2) is 15.0 Å². The maximum Gasteiger partial charge on any atom is 0.160 e. The van der Waals surface area contributed by atoms with Crippen molar-refractivity contribution in [2.75, 3.05) is 0 Å². The second-order valence-corrected chi connectivity index (χ2v) is 11.6. The fraction of sp³-hybridized carbons (Fsp3) is 0. The lowest BCUT2D eigenvalue weighted by Crippen LogP contribution is -1.96. The number of benzene rings is 7. The van der Waals surface area contributed by atoms with Gasteiger partial charge in [-0.05, 0) is 40.1 Å². The summed E-state index contributed by atoms with van der Waals surface area (Å²) in [6.07, 6.45) is 0. The maximum atomic E-state index is 5.24. The van der Waals surface area contributed by atoms with Crippen LogP contribution in [-0.2, 0) is 0 Å². The van der Waals surface area contributed by atoms with E-state index in [1.165, 1.54) is 32.7 Å². The third-order valence-electron chi connectivity index (χ3n) is 8.85. The molecule has 0 aliphatic carbocycles. The lowest BCUT2D eigenvalue weighted by atomic mass is 9.94. The zero-order chi connectivity index (χ0) is 30.5. The molecule has 214 valence electrons. The molecule has 0 fully saturated rings. The largest absolute Gasteiger partial charge is 0.247 e. The first-order valence-electron chi connectivity index (χ1n) is 15.5. The second-order valence-electron chi connectivity index (χ2n) is 11.6. The Morgan fingerprint density at radius 2 is 0.870 bits per heavy atom. The van der Waals surface area contributed by atoms with Crippen LogP contribution in [0.25, 0.3) is 88.4 Å². The predicted octanol–water partition coefficient (Wildman–Crippen LogP) is 11.2. The molecule has 3 nitrogen and oxygen atoms in total. The van der Waals surface area contributed by atoms with Crippen molar-refractivity contribution in [2.24, 2.45) is 0 Å². The molecule has 46 heavy (non-hydrogen) atoms. The number of hydrogen-bond donors (Lipinski definition) is 0. The third-order valence-corrected chi connectivity index (χ3v) is 8.85. The van der Waals surface area contributed by atoms with Crippen molar-refractivity contribution in [3.8, 4) is 45.0 Å². The Bertz CT molecular complexity index is 2560. The van der Waals surface area contributed by atoms with Crippen LogP contribution in [0.2, 0.25) is 0 Å². The lowest BCUT2D eigenvalue weighted by molar-refractivity contribution is 1.23. The predicted molar refractivity (Wildman–Crippen MR) is 192 cm³/mol. The van der Waals surface area contributed by atoms with Gasteiger partial charge in [0.15, 0.2) is 5.82 Å². The molecule has 7 aromatic carbocycles. The van der Waals surface area contributed by atoms with E-state index < -0.39 is 0 Å². The average Bonchev–Trinajstić information content (AvgIpc) is 3.14. The minimum absolute atomic E-state index is 0.708. The summed E-state index contributed by atoms with van der Waals surface area (Å²) in [4.78, 5) is 15.4. The van der Waals surface area contributed by atoms with Crippen LogP contribution in [0.5, 0.6) is 0 Å². The molecule has 0 radical (unpaired) electrons. The number of nitrogens with zero attached hydrogens (tertiary/aromatic N) is 3. The number of fused-ring (bicyclic) bond motifs is 6. The van der Waals surface area contributed by atoms with Crippen molar-refractivity contribution in [2.45, 2.75) is 0 Å². The summed E-state index contributed by atoms with van der Waals surface area (Å²) in [5.41, 5.74) is 9.21. The van der Waals surface area contributed by atoms with Gasteiger partial charge in [-0.1, -0.05) is 146 Å². The van der Waals surface area contributed by atoms with Gasteiger partial charge in [0.2, 0.25) is 0 Å². The molecule has 2 aromatic heterocycles. The fourth-order valence-corrected chi connectivity index (χ4v) is 6.62. The Morgan fingerprint density at radius 3 is 1.65 bits per heavy atom. The zero-order valence-electron chi connectivity index (χ0n) is 24.9. The number of pyridine rings is 1. The van der Waals surface area contributed by atoms with Crippen molar-refractivity contribution in [1.82, 2.24) is 15.0 Å². The molecule has 0 atom stereocenters. The Labute approximate surface area is 266 Å². The lowest BCUT2D eigenvalue weighted by Gasteiger charge is -2.14. The highest BCUT2D eigenvalue weighted by Crippen LogP contribution is 2.38. The van der Waals surface area contributed by atoms with Gasteiger partial charge in [0, 0.05) is 38.2 Å². The molecule has 0 aliphatic rings. The van der Waals surface area contributed by atoms with Crippen LogP contribution in [0.4, 0.5) is 0 Å². The van der Waals surface area contributed by atoms with Crippen LogP contribution < -0.4 is 0 Å². The highest BCUT2D eigenvalue weighted by molar-refractivity contribution is 6.22. The van der Waals surface area contributed by atoms with E-state index in [0.717, 1.165) is 49.9 Å². The molecule has 9 aromatic rings. The average molecular weight is 586 g/mol. The summed E-state index contributed by atoms with van der Waals surface area (Å²) in [6.45, 7) is 0. The van der Waals surface area contributed by atoms with Crippen molar-refractivity contribution in [1.29, 1.82) is 0 Å². The van der Waals surface area contributed by atoms with E-state index in [-0.39, 0.29) is 0 Å². The monoisotopic (exact) mass is 585 g/mol. The zero-order valence-corrected chi connectivity index (χ0v) is 24.9. The van der Waals surface area contributed by atoms with E-state index in [9.17, 15) is 0 Å². The van der Waals surface area contributed by atoms with Gasteiger partial charge in [0.1, 0.15) is 0 Å². The molecule has 0 bridgehead atoms. The first kappa shape index (κ1) is 26.2. The quantitative estimate of drug-likeness (QED) is 0.193. The summed E-state index contributed by atoms with van der Waals surface area (Å²) < 4.78 is 0. The van der Waals surface area contributed by atoms with Crippen LogP contribution in [0.1, 0.15) is 0 Å². The normalized spacial score (nSPS) is 11.5. The van der Waals surface area contributed by atoms with Crippen molar-refractivity contribution >= 4 is 43.4 Å². The van der Waals surface area contributed by atoms with E-state index in [1.54, 1.807) is 0 Å². The fourth-order valence-electron chi connectivity index (χ4n) is 6.62. The van der Waals surface area contributed by atoms with Crippen LogP contribution in [-0.4, -0.2) is 15.0 Å². The molecule has 0 unspecified atom stereocenters. The van der Waals surface area contributed by atoms with Crippen LogP contribution in [0, 0.1) is 0 Å². The molecular formula is C43H27N3. The third kappa shape index (κ3) is 4.41. The molecule has 0 saturated carbocycles. The summed E-state index contributed by atoms with van der Waals surface area (Å²) in [5, 5.41) is 7.02. The van der Waals surface area contributed by atoms with Crippen LogP contribution in [0.3, 0.4) is 0 Å². The molecule has 9 rings (SSSR count). The van der Waals surface area contributed by atoms with E-state index in [2.05, 4.69) is 152 Å². The second kappa shape index (κ2) is 10.8. The molecular weight excluding hydrogens is 558 g/mol. The Balaban J connectivity index is 1.22. The number of aromatic nitrogens is 3. The molecule has 0 amide bonds. The SMILES string of the molecule is c1ccc(-c2ccc(-c3nc(-c4cccc(-c5nc6ccccc6c6c5ccc5ccccc56)c4)c4ccccc4n3)cc2)cc1. The summed E-state index contributed by atoms with van der Waals surface area (Å²) in [5.74, 6) is 0.708. The molecule has 0 saturated heterocycles. The standard InChI is InChI=1S/C43H27N3/c1-2-11-28(12-3-1)29-21-23-31(24-22-29)43-45-39-20-9-7-18-36(39)41(46-43)32-14-10-15-33(27-32)42-37-26-25-30-13-4-5-16-34(30)40(37)35-17-6-8-19-38(35)44-42/h1-27H. The topological polar surface area (TPSA) is 38.7 Å². The summed E-state index contributed by atoms with van der Waals surface area (Å²) in [6, 6.07) is 57.3. The van der Waals surface area contributed by atoms with Crippen LogP contribution >= 0.6 is 0 Å². The van der Waals surface area contributed by atoms with E-state index >= 15 is 0 Å². The van der Waals surface area contributed by atoms with Gasteiger partial charge in [0.25, 0.3) is 0 Å². The van der Waals surface area contributed by atoms with Gasteiger partial charge in [-0.2, -0.15) is 0 Å². The van der Waals surface area contributed by atoms with Gasteiger partial charge in [0.05, 0.1) is 22.4 Å². The molecule has 3 heteroatoms. The van der Waals surface area contributed by atoms with E-state index in [1.807, 2.05) is 12.1 Å². The van der Waals surface area contributed by atoms with E-state index in [4.69, 9.17) is 15.0 Å². The first-order chi connectivity index (χ1) is 22.8. The minimum atomic E-state index is 0.708. The number of para-hydroxylation sites is 2. The molecule has 0 spiro atoms. The Kier molecular flexibility index (Phi) is 6.14. The molecule has 0 aliphatic heterocycles. The highest BCUT2D eigenvalue weighted by Gasteiger charge is 2.16. The van der Waals surface area contributed by atoms with Crippen molar-refractivity contribution in [3.63, 3.8) is 0 Å². The van der Waals surface area contributed by atoms with Gasteiger partial charge >= 0.3 is 0 Å². The minimum Gasteiger partial charge on any atom is -0.247 e. The maximum absolute atomic E-state index is 5.24. The molecule has 2 heterocycles. The van der Waals surface area contributed by atoms with Crippen molar-refractivity contribution < 1.29 is 0 Å². The summed E-state index contributed by atoms with van der Waals surface area (Å²) >= 11 is 0. The molecule has 0 N–H and O–H groups in total. The van der Waals surface area contributed by atoms with Gasteiger partial charge in [-0.3, -0.25) is 0 Å². The number of rotatable bonds is 4. The van der Waals surface area contributed by atoms with Crippen molar-refractivity contribution in [3.05, 3.63) is 164 Å². The first-order valence-corrected chi connectivity index (χ1v) is 15.5. The van der Waals surface area contributed by atoms with Gasteiger partial charge in [-0.15, -0.1) is 0 Å². The smallest absolute Gasteiger partial charge is 0.160 e. The van der Waals surface area contributed by atoms with E-state index in [0.29, 0.717) is 5.82 Å². The van der Waals surface area contributed by atoms with Gasteiger partial charge < -0.3 is 0 Å². The van der Waals surface area contributed by atoms with Crippen LogP contribution in [0.15, 0.2) is 164 Å². The Hall–Kier alpha value is -6.19. The Morgan fingerprint density at radius 1 is 0.304 bits per heavy atom. The highest BCUT2D eigenvalue weighted by atomic mass is 14.9. The number of hydrogen-bond acceptors (Lipinski definition) is 3.